The zero-order valence-corrected chi connectivity index (χ0v) is 14.2. The van der Waals surface area contributed by atoms with E-state index in [4.69, 9.17) is 21.1 Å². The molecule has 0 heterocycles. The molecule has 0 bridgehead atoms. The Morgan fingerprint density at radius 3 is 2.55 bits per heavy atom. The summed E-state index contributed by atoms with van der Waals surface area (Å²) in [7, 11) is 0. The fourth-order valence-corrected chi connectivity index (χ4v) is 2.21. The quantitative estimate of drug-likeness (QED) is 0.317. The van der Waals surface area contributed by atoms with Crippen molar-refractivity contribution >= 4 is 17.6 Å². The maximum absolute atomic E-state index is 11.6. The van der Waals surface area contributed by atoms with Crippen LogP contribution >= 0.6 is 11.6 Å². The molecule has 1 rings (SSSR count). The molecule has 0 radical (unpaired) electrons. The topological polar surface area (TPSA) is 35.5 Å². The van der Waals surface area contributed by atoms with Crippen LogP contribution in [-0.2, 0) is 20.9 Å². The molecular weight excluding hydrogens is 300 g/mol. The van der Waals surface area contributed by atoms with Crippen molar-refractivity contribution in [1.29, 1.82) is 0 Å². The molecule has 0 saturated heterocycles. The van der Waals surface area contributed by atoms with Crippen LogP contribution in [0.25, 0.3) is 0 Å². The predicted octanol–water partition coefficient (Wildman–Crippen LogP) is 4.71. The summed E-state index contributed by atoms with van der Waals surface area (Å²) in [5.74, 6) is -0.162. The molecule has 0 aliphatic carbocycles. The lowest BCUT2D eigenvalue weighted by Crippen LogP contribution is -2.19. The van der Waals surface area contributed by atoms with Gasteiger partial charge in [-0.25, -0.2) is 0 Å². The van der Waals surface area contributed by atoms with Crippen LogP contribution in [0.1, 0.15) is 51.0 Å². The van der Waals surface area contributed by atoms with Gasteiger partial charge in [0.1, 0.15) is 6.61 Å². The van der Waals surface area contributed by atoms with Gasteiger partial charge < -0.3 is 9.47 Å². The van der Waals surface area contributed by atoms with Crippen LogP contribution in [0.4, 0.5) is 0 Å². The van der Waals surface area contributed by atoms with Gasteiger partial charge in [0.2, 0.25) is 0 Å². The summed E-state index contributed by atoms with van der Waals surface area (Å²) < 4.78 is 10.7. The Labute approximate surface area is 139 Å². The van der Waals surface area contributed by atoms with E-state index in [-0.39, 0.29) is 18.0 Å². The van der Waals surface area contributed by atoms with Crippen molar-refractivity contribution in [2.24, 2.45) is 0 Å². The fraction of sp³-hybridized carbons (Fsp3) is 0.611. The first kappa shape index (κ1) is 19.0. The minimum atomic E-state index is -0.298. The number of hydrogen-bond acceptors (Lipinski definition) is 3. The normalized spacial score (nSPS) is 12.1. The van der Waals surface area contributed by atoms with E-state index < -0.39 is 0 Å². The minimum Gasteiger partial charge on any atom is -0.464 e. The van der Waals surface area contributed by atoms with E-state index in [1.54, 1.807) is 0 Å². The number of esters is 1. The van der Waals surface area contributed by atoms with Crippen LogP contribution < -0.4 is 0 Å². The average molecular weight is 327 g/mol. The van der Waals surface area contributed by atoms with E-state index in [2.05, 4.69) is 6.92 Å². The molecule has 3 nitrogen and oxygen atoms in total. The molecule has 0 fully saturated rings. The van der Waals surface area contributed by atoms with E-state index in [1.165, 1.54) is 19.3 Å². The summed E-state index contributed by atoms with van der Waals surface area (Å²) in [6.07, 6.45) is 6.11. The second kappa shape index (κ2) is 12.5. The highest BCUT2D eigenvalue weighted by molar-refractivity contribution is 6.20. The monoisotopic (exact) mass is 326 g/mol. The summed E-state index contributed by atoms with van der Waals surface area (Å²) in [6.45, 7) is 3.29. The number of rotatable bonds is 12. The van der Waals surface area contributed by atoms with E-state index in [1.807, 2.05) is 30.3 Å². The first-order chi connectivity index (χ1) is 10.7. The van der Waals surface area contributed by atoms with Crippen molar-refractivity contribution in [3.63, 3.8) is 0 Å². The third-order valence-electron chi connectivity index (χ3n) is 3.32. The smallest absolute Gasteiger partial charge is 0.305 e. The van der Waals surface area contributed by atoms with Gasteiger partial charge in [0, 0.05) is 6.42 Å². The fourth-order valence-electron chi connectivity index (χ4n) is 2.06. The lowest BCUT2D eigenvalue weighted by molar-refractivity contribution is -0.144. The molecule has 1 atom stereocenters. The van der Waals surface area contributed by atoms with Gasteiger partial charge in [0.05, 0.1) is 18.6 Å². The molecule has 1 aromatic carbocycles. The average Bonchev–Trinajstić information content (AvgIpc) is 2.54. The van der Waals surface area contributed by atoms with Gasteiger partial charge in [0.25, 0.3) is 0 Å². The third-order valence-corrected chi connectivity index (χ3v) is 3.57. The highest BCUT2D eigenvalue weighted by atomic mass is 35.5. The zero-order chi connectivity index (χ0) is 16.0. The van der Waals surface area contributed by atoms with E-state index >= 15 is 0 Å². The van der Waals surface area contributed by atoms with Crippen LogP contribution in [0, 0.1) is 0 Å². The van der Waals surface area contributed by atoms with Gasteiger partial charge in [-0.3, -0.25) is 4.79 Å². The molecule has 1 unspecified atom stereocenters. The van der Waals surface area contributed by atoms with Crippen LogP contribution in [0.2, 0.25) is 0 Å². The molecule has 0 spiro atoms. The van der Waals surface area contributed by atoms with Crippen molar-refractivity contribution in [2.45, 2.75) is 57.4 Å². The van der Waals surface area contributed by atoms with Crippen LogP contribution in [-0.4, -0.2) is 24.6 Å². The predicted molar refractivity (Wildman–Crippen MR) is 90.1 cm³/mol. The standard InChI is InChI=1S/C18H27ClO3/c1-2-3-4-5-9-12-18(20)22-15-17(19)14-21-13-16-10-7-6-8-11-16/h6-8,10-11,17H,2-5,9,12-15H2,1H3. The molecular formula is C18H27ClO3. The SMILES string of the molecule is CCCCCCCC(=O)OCC(Cl)COCc1ccccc1. The van der Waals surface area contributed by atoms with Gasteiger partial charge in [-0.1, -0.05) is 62.9 Å². The number of unbranched alkanes of at least 4 members (excludes halogenated alkanes) is 4. The number of ether oxygens (including phenoxy) is 2. The summed E-state index contributed by atoms with van der Waals surface area (Å²) in [6, 6.07) is 9.91. The van der Waals surface area contributed by atoms with E-state index in [9.17, 15) is 4.79 Å². The molecule has 0 N–H and O–H groups in total. The van der Waals surface area contributed by atoms with Crippen molar-refractivity contribution in [3.05, 3.63) is 35.9 Å². The van der Waals surface area contributed by atoms with Crippen molar-refractivity contribution in [3.8, 4) is 0 Å². The summed E-state index contributed by atoms with van der Waals surface area (Å²) in [5, 5.41) is -0.298. The van der Waals surface area contributed by atoms with Crippen LogP contribution in [0.5, 0.6) is 0 Å². The van der Waals surface area contributed by atoms with Crippen LogP contribution in [0.15, 0.2) is 30.3 Å². The van der Waals surface area contributed by atoms with Crippen LogP contribution in [0.3, 0.4) is 0 Å². The molecule has 0 aromatic heterocycles. The highest BCUT2D eigenvalue weighted by Gasteiger charge is 2.09. The first-order valence-electron chi connectivity index (χ1n) is 8.13. The molecule has 124 valence electrons. The molecule has 1 aromatic rings. The van der Waals surface area contributed by atoms with Gasteiger partial charge in [0.15, 0.2) is 0 Å². The number of hydrogen-bond donors (Lipinski definition) is 0. The van der Waals surface area contributed by atoms with Gasteiger partial charge >= 0.3 is 5.97 Å². The number of carbonyl (C=O) groups excluding carboxylic acids is 1. The van der Waals surface area contributed by atoms with Gasteiger partial charge in [-0.2, -0.15) is 0 Å². The Kier molecular flexibility index (Phi) is 10.8. The Hall–Kier alpha value is -1.06. The number of halogens is 1. The second-order valence-corrected chi connectivity index (χ2v) is 6.06. The summed E-state index contributed by atoms with van der Waals surface area (Å²) in [5.41, 5.74) is 1.11. The lowest BCUT2D eigenvalue weighted by atomic mass is 10.1. The highest BCUT2D eigenvalue weighted by Crippen LogP contribution is 2.07. The maximum Gasteiger partial charge on any atom is 0.305 e. The second-order valence-electron chi connectivity index (χ2n) is 5.45. The molecule has 0 aliphatic rings. The Bertz CT molecular complexity index is 395. The maximum atomic E-state index is 11.6. The molecule has 22 heavy (non-hydrogen) atoms. The molecule has 0 saturated carbocycles. The third kappa shape index (κ3) is 9.80. The number of carbonyl (C=O) groups is 1. The summed E-state index contributed by atoms with van der Waals surface area (Å²) in [4.78, 5) is 11.6. The Morgan fingerprint density at radius 2 is 1.82 bits per heavy atom. The molecule has 0 amide bonds. The Balaban J connectivity index is 2.00. The molecule has 4 heteroatoms. The number of benzene rings is 1. The summed E-state index contributed by atoms with van der Waals surface area (Å²) >= 11 is 6.09. The first-order valence-corrected chi connectivity index (χ1v) is 8.57. The molecule has 0 aliphatic heterocycles. The van der Waals surface area contributed by atoms with Crippen molar-refractivity contribution in [2.75, 3.05) is 13.2 Å². The minimum absolute atomic E-state index is 0.162. The zero-order valence-electron chi connectivity index (χ0n) is 13.4. The Morgan fingerprint density at radius 1 is 1.09 bits per heavy atom. The largest absolute Gasteiger partial charge is 0.464 e. The lowest BCUT2D eigenvalue weighted by Gasteiger charge is -2.11. The van der Waals surface area contributed by atoms with Crippen molar-refractivity contribution < 1.29 is 14.3 Å². The van der Waals surface area contributed by atoms with Gasteiger partial charge in [-0.15, -0.1) is 11.6 Å². The van der Waals surface area contributed by atoms with E-state index in [0.29, 0.717) is 19.6 Å². The van der Waals surface area contributed by atoms with E-state index in [0.717, 1.165) is 18.4 Å². The van der Waals surface area contributed by atoms with Crippen molar-refractivity contribution in [1.82, 2.24) is 0 Å². The van der Waals surface area contributed by atoms with Gasteiger partial charge in [-0.05, 0) is 12.0 Å². The number of alkyl halides is 1.